The summed E-state index contributed by atoms with van der Waals surface area (Å²) in [6, 6.07) is 6.75. The average Bonchev–Trinajstić information content (AvgIpc) is 2.90. The summed E-state index contributed by atoms with van der Waals surface area (Å²) in [5, 5.41) is 9.92. The third kappa shape index (κ3) is 3.59. The molecule has 1 aromatic carbocycles. The standard InChI is InChI=1S/C15H20N4O2/c1-9(2)13(14-16-10(3)18-19-14)17-15(20)11-5-7-12(21-4)8-6-11/h5-9,13H,1-4H3,(H,17,20)(H,16,18,19). The second kappa shape index (κ2) is 6.39. The molecular formula is C15H20N4O2. The zero-order chi connectivity index (χ0) is 15.4. The summed E-state index contributed by atoms with van der Waals surface area (Å²) in [5.41, 5.74) is 0.578. The highest BCUT2D eigenvalue weighted by Crippen LogP contribution is 2.19. The van der Waals surface area contributed by atoms with Gasteiger partial charge in [-0.1, -0.05) is 13.8 Å². The Balaban J connectivity index is 2.14. The van der Waals surface area contributed by atoms with E-state index in [-0.39, 0.29) is 17.9 Å². The lowest BCUT2D eigenvalue weighted by Crippen LogP contribution is -2.32. The Bertz CT molecular complexity index is 604. The first-order valence-electron chi connectivity index (χ1n) is 6.85. The van der Waals surface area contributed by atoms with Crippen molar-refractivity contribution in [2.75, 3.05) is 7.11 Å². The fourth-order valence-electron chi connectivity index (χ4n) is 2.00. The predicted molar refractivity (Wildman–Crippen MR) is 79.2 cm³/mol. The van der Waals surface area contributed by atoms with E-state index < -0.39 is 0 Å². The van der Waals surface area contributed by atoms with Gasteiger partial charge < -0.3 is 10.1 Å². The number of ether oxygens (including phenoxy) is 1. The summed E-state index contributed by atoms with van der Waals surface area (Å²) in [7, 11) is 1.59. The summed E-state index contributed by atoms with van der Waals surface area (Å²) >= 11 is 0. The zero-order valence-electron chi connectivity index (χ0n) is 12.7. The molecule has 1 heterocycles. The molecule has 0 aliphatic rings. The third-order valence-corrected chi connectivity index (χ3v) is 3.20. The van der Waals surface area contributed by atoms with Crippen molar-refractivity contribution in [3.63, 3.8) is 0 Å². The first-order valence-corrected chi connectivity index (χ1v) is 6.85. The van der Waals surface area contributed by atoms with Crippen LogP contribution in [0.1, 0.15) is 41.9 Å². The van der Waals surface area contributed by atoms with Crippen LogP contribution in [0.5, 0.6) is 5.75 Å². The molecule has 1 unspecified atom stereocenters. The molecule has 21 heavy (non-hydrogen) atoms. The second-order valence-corrected chi connectivity index (χ2v) is 5.20. The van der Waals surface area contributed by atoms with Gasteiger partial charge in [-0.05, 0) is 37.1 Å². The summed E-state index contributed by atoms with van der Waals surface area (Å²) < 4.78 is 5.08. The fourth-order valence-corrected chi connectivity index (χ4v) is 2.00. The van der Waals surface area contributed by atoms with Gasteiger partial charge >= 0.3 is 0 Å². The molecule has 1 atom stereocenters. The summed E-state index contributed by atoms with van der Waals surface area (Å²) in [6.45, 7) is 5.87. The lowest BCUT2D eigenvalue weighted by Gasteiger charge is -2.19. The van der Waals surface area contributed by atoms with Gasteiger partial charge in [0.2, 0.25) is 0 Å². The summed E-state index contributed by atoms with van der Waals surface area (Å²) in [5.74, 6) is 2.08. The molecule has 0 saturated heterocycles. The highest BCUT2D eigenvalue weighted by Gasteiger charge is 2.22. The average molecular weight is 288 g/mol. The van der Waals surface area contributed by atoms with E-state index in [1.54, 1.807) is 31.4 Å². The van der Waals surface area contributed by atoms with E-state index in [1.165, 1.54) is 0 Å². The molecule has 0 spiro atoms. The molecule has 1 aromatic heterocycles. The minimum absolute atomic E-state index is 0.154. The Morgan fingerprint density at radius 3 is 2.43 bits per heavy atom. The Morgan fingerprint density at radius 2 is 1.95 bits per heavy atom. The predicted octanol–water partition coefficient (Wildman–Crippen LogP) is 2.25. The van der Waals surface area contributed by atoms with Gasteiger partial charge in [-0.3, -0.25) is 9.89 Å². The number of carbonyl (C=O) groups excluding carboxylic acids is 1. The van der Waals surface area contributed by atoms with Crippen LogP contribution < -0.4 is 10.1 Å². The molecule has 0 aliphatic heterocycles. The number of methoxy groups -OCH3 is 1. The lowest BCUT2D eigenvalue weighted by molar-refractivity contribution is 0.0923. The van der Waals surface area contributed by atoms with Gasteiger partial charge in [0.15, 0.2) is 5.82 Å². The molecule has 2 N–H and O–H groups in total. The molecule has 0 radical (unpaired) electrons. The summed E-state index contributed by atoms with van der Waals surface area (Å²) in [4.78, 5) is 16.6. The highest BCUT2D eigenvalue weighted by atomic mass is 16.5. The number of nitrogens with zero attached hydrogens (tertiary/aromatic N) is 2. The van der Waals surface area contributed by atoms with E-state index in [4.69, 9.17) is 4.74 Å². The number of H-pyrrole nitrogens is 1. The van der Waals surface area contributed by atoms with Crippen molar-refractivity contribution in [3.8, 4) is 5.75 Å². The molecule has 0 saturated carbocycles. The molecule has 0 aliphatic carbocycles. The van der Waals surface area contributed by atoms with Gasteiger partial charge in [0.05, 0.1) is 13.2 Å². The molecule has 1 amide bonds. The molecule has 0 bridgehead atoms. The van der Waals surface area contributed by atoms with Gasteiger partial charge in [-0.25, -0.2) is 4.98 Å². The first-order chi connectivity index (χ1) is 10.0. The molecule has 6 heteroatoms. The van der Waals surface area contributed by atoms with Crippen molar-refractivity contribution in [3.05, 3.63) is 41.5 Å². The van der Waals surface area contributed by atoms with Crippen LogP contribution in [0, 0.1) is 12.8 Å². The minimum atomic E-state index is -0.232. The lowest BCUT2D eigenvalue weighted by atomic mass is 10.0. The Labute approximate surface area is 123 Å². The normalized spacial score (nSPS) is 12.2. The van der Waals surface area contributed by atoms with Crippen molar-refractivity contribution in [1.82, 2.24) is 20.5 Å². The molecule has 2 rings (SSSR count). The van der Waals surface area contributed by atoms with E-state index in [0.717, 1.165) is 11.6 Å². The maximum Gasteiger partial charge on any atom is 0.251 e. The van der Waals surface area contributed by atoms with Gasteiger partial charge in [0.25, 0.3) is 5.91 Å². The van der Waals surface area contributed by atoms with E-state index in [9.17, 15) is 4.79 Å². The van der Waals surface area contributed by atoms with Crippen LogP contribution in [0.3, 0.4) is 0 Å². The van der Waals surface area contributed by atoms with Crippen molar-refractivity contribution >= 4 is 5.91 Å². The number of rotatable bonds is 5. The van der Waals surface area contributed by atoms with Gasteiger partial charge in [0.1, 0.15) is 11.6 Å². The smallest absolute Gasteiger partial charge is 0.251 e. The van der Waals surface area contributed by atoms with Crippen LogP contribution in [-0.2, 0) is 0 Å². The van der Waals surface area contributed by atoms with Crippen LogP contribution in [0.15, 0.2) is 24.3 Å². The maximum absolute atomic E-state index is 12.3. The van der Waals surface area contributed by atoms with Crippen LogP contribution in [0.2, 0.25) is 0 Å². The monoisotopic (exact) mass is 288 g/mol. The number of hydrogen-bond donors (Lipinski definition) is 2. The largest absolute Gasteiger partial charge is 0.497 e. The quantitative estimate of drug-likeness (QED) is 0.884. The van der Waals surface area contributed by atoms with E-state index >= 15 is 0 Å². The zero-order valence-corrected chi connectivity index (χ0v) is 12.7. The topological polar surface area (TPSA) is 79.9 Å². The van der Waals surface area contributed by atoms with Crippen molar-refractivity contribution < 1.29 is 9.53 Å². The molecule has 6 nitrogen and oxygen atoms in total. The van der Waals surface area contributed by atoms with Crippen molar-refractivity contribution in [1.29, 1.82) is 0 Å². The second-order valence-electron chi connectivity index (χ2n) is 5.20. The van der Waals surface area contributed by atoms with Gasteiger partial charge in [-0.15, -0.1) is 0 Å². The van der Waals surface area contributed by atoms with Gasteiger partial charge in [-0.2, -0.15) is 5.10 Å². The molecule has 2 aromatic rings. The first kappa shape index (κ1) is 15.0. The number of amides is 1. The highest BCUT2D eigenvalue weighted by molar-refractivity contribution is 5.94. The van der Waals surface area contributed by atoms with E-state index in [1.807, 2.05) is 20.8 Å². The van der Waals surface area contributed by atoms with E-state index in [2.05, 4.69) is 20.5 Å². The number of aromatic amines is 1. The number of aromatic nitrogens is 3. The van der Waals surface area contributed by atoms with Crippen LogP contribution in [-0.4, -0.2) is 28.2 Å². The SMILES string of the molecule is COc1ccc(C(=O)NC(c2n[nH]c(C)n2)C(C)C)cc1. The number of benzene rings is 1. The number of carbonyl (C=O) groups is 1. The molecule has 0 fully saturated rings. The fraction of sp³-hybridized carbons (Fsp3) is 0.400. The van der Waals surface area contributed by atoms with Crippen LogP contribution >= 0.6 is 0 Å². The Hall–Kier alpha value is -2.37. The van der Waals surface area contributed by atoms with Crippen LogP contribution in [0.4, 0.5) is 0 Å². The third-order valence-electron chi connectivity index (χ3n) is 3.20. The van der Waals surface area contributed by atoms with Crippen molar-refractivity contribution in [2.24, 2.45) is 5.92 Å². The molecular weight excluding hydrogens is 268 g/mol. The summed E-state index contributed by atoms with van der Waals surface area (Å²) in [6.07, 6.45) is 0. The maximum atomic E-state index is 12.3. The minimum Gasteiger partial charge on any atom is -0.497 e. The molecule has 112 valence electrons. The van der Waals surface area contributed by atoms with Crippen molar-refractivity contribution in [2.45, 2.75) is 26.8 Å². The van der Waals surface area contributed by atoms with E-state index in [0.29, 0.717) is 11.4 Å². The Morgan fingerprint density at radius 1 is 1.29 bits per heavy atom. The van der Waals surface area contributed by atoms with Gasteiger partial charge in [0, 0.05) is 5.56 Å². The van der Waals surface area contributed by atoms with Crippen LogP contribution in [0.25, 0.3) is 0 Å². The number of hydrogen-bond acceptors (Lipinski definition) is 4. The Kier molecular flexibility index (Phi) is 4.57. The number of aryl methyl sites for hydroxylation is 1. The number of nitrogens with one attached hydrogen (secondary N) is 2.